The molecule has 0 aliphatic heterocycles. The zero-order valence-corrected chi connectivity index (χ0v) is 10.2. The van der Waals surface area contributed by atoms with Gasteiger partial charge < -0.3 is 4.57 Å². The molecule has 1 aromatic rings. The number of aryl methyl sites for hydroxylation is 2. The molecule has 1 aliphatic rings. The van der Waals surface area contributed by atoms with E-state index < -0.39 is 0 Å². The Balaban J connectivity index is 2.25. The zero-order chi connectivity index (χ0) is 11.5. The second kappa shape index (κ2) is 4.74. The van der Waals surface area contributed by atoms with Gasteiger partial charge in [0.2, 0.25) is 0 Å². The number of hydrogen-bond acceptors (Lipinski definition) is 1. The van der Waals surface area contributed by atoms with Crippen LogP contribution >= 0.6 is 0 Å². The van der Waals surface area contributed by atoms with Crippen LogP contribution in [0.25, 0.3) is 0 Å². The lowest BCUT2D eigenvalue weighted by atomic mass is 9.84. The molecule has 2 heteroatoms. The highest BCUT2D eigenvalue weighted by molar-refractivity contribution is 5.18. The summed E-state index contributed by atoms with van der Waals surface area (Å²) in [5.74, 6) is 0.559. The number of hydrogen-bond donors (Lipinski definition) is 0. The van der Waals surface area contributed by atoms with Crippen molar-refractivity contribution in [3.63, 3.8) is 0 Å². The van der Waals surface area contributed by atoms with E-state index >= 15 is 0 Å². The first-order valence-electron chi connectivity index (χ1n) is 6.28. The summed E-state index contributed by atoms with van der Waals surface area (Å²) in [4.78, 5) is 0. The van der Waals surface area contributed by atoms with Gasteiger partial charge in [-0.1, -0.05) is 19.3 Å². The first-order chi connectivity index (χ1) is 7.74. The van der Waals surface area contributed by atoms with Crippen LogP contribution in [0.15, 0.2) is 12.1 Å². The van der Waals surface area contributed by atoms with Crippen LogP contribution in [0.5, 0.6) is 0 Å². The van der Waals surface area contributed by atoms with Crippen LogP contribution in [-0.2, 0) is 0 Å². The van der Waals surface area contributed by atoms with Crippen molar-refractivity contribution in [3.05, 3.63) is 23.5 Å². The van der Waals surface area contributed by atoms with E-state index in [1.807, 2.05) is 0 Å². The minimum atomic E-state index is 0.0512. The van der Waals surface area contributed by atoms with Crippen LogP contribution in [0.1, 0.15) is 49.5 Å². The Morgan fingerprint density at radius 3 is 2.25 bits per heavy atom. The SMILES string of the molecule is Cc1ccc(C)n1C(C#N)C1CCCCC1. The molecule has 0 N–H and O–H groups in total. The van der Waals surface area contributed by atoms with E-state index in [4.69, 9.17) is 0 Å². The normalized spacial score (nSPS) is 19.3. The molecular weight excluding hydrogens is 196 g/mol. The van der Waals surface area contributed by atoms with Gasteiger partial charge in [-0.15, -0.1) is 0 Å². The van der Waals surface area contributed by atoms with Crippen molar-refractivity contribution in [3.8, 4) is 6.07 Å². The van der Waals surface area contributed by atoms with Crippen LogP contribution < -0.4 is 0 Å². The summed E-state index contributed by atoms with van der Waals surface area (Å²) >= 11 is 0. The monoisotopic (exact) mass is 216 g/mol. The minimum absolute atomic E-state index is 0.0512. The highest BCUT2D eigenvalue weighted by atomic mass is 15.0. The molecule has 1 atom stereocenters. The van der Waals surface area contributed by atoms with E-state index in [1.54, 1.807) is 0 Å². The number of rotatable bonds is 2. The smallest absolute Gasteiger partial charge is 0.123 e. The van der Waals surface area contributed by atoms with Crippen molar-refractivity contribution in [2.45, 2.75) is 52.0 Å². The molecule has 0 aromatic carbocycles. The maximum atomic E-state index is 9.43. The van der Waals surface area contributed by atoms with Crippen LogP contribution in [0.3, 0.4) is 0 Å². The van der Waals surface area contributed by atoms with Crippen LogP contribution in [0.2, 0.25) is 0 Å². The van der Waals surface area contributed by atoms with Gasteiger partial charge in [0.25, 0.3) is 0 Å². The molecule has 86 valence electrons. The summed E-state index contributed by atoms with van der Waals surface area (Å²) in [5, 5.41) is 9.43. The molecule has 16 heavy (non-hydrogen) atoms. The average molecular weight is 216 g/mol. The molecule has 1 aromatic heterocycles. The van der Waals surface area contributed by atoms with E-state index in [0.717, 1.165) is 0 Å². The maximum Gasteiger partial charge on any atom is 0.123 e. The van der Waals surface area contributed by atoms with Crippen molar-refractivity contribution < 1.29 is 0 Å². The summed E-state index contributed by atoms with van der Waals surface area (Å²) in [6, 6.07) is 6.80. The summed E-state index contributed by atoms with van der Waals surface area (Å²) in [6.45, 7) is 4.19. The summed E-state index contributed by atoms with van der Waals surface area (Å²) in [6.07, 6.45) is 6.37. The van der Waals surface area contributed by atoms with Crippen molar-refractivity contribution in [1.82, 2.24) is 4.57 Å². The third kappa shape index (κ3) is 2.00. The minimum Gasteiger partial charge on any atom is -0.333 e. The molecule has 0 bridgehead atoms. The molecule has 1 aliphatic carbocycles. The topological polar surface area (TPSA) is 28.7 Å². The molecule has 0 spiro atoms. The second-order valence-corrected chi connectivity index (χ2v) is 4.96. The molecule has 1 saturated carbocycles. The third-order valence-electron chi connectivity index (χ3n) is 3.83. The Morgan fingerprint density at radius 1 is 1.19 bits per heavy atom. The fourth-order valence-corrected chi connectivity index (χ4v) is 2.94. The standard InChI is InChI=1S/C14H20N2/c1-11-8-9-12(2)16(11)14(10-15)13-6-4-3-5-7-13/h8-9,13-14H,3-7H2,1-2H3. The van der Waals surface area contributed by atoms with Gasteiger partial charge in [0.05, 0.1) is 6.07 Å². The second-order valence-electron chi connectivity index (χ2n) is 4.96. The fraction of sp³-hybridized carbons (Fsp3) is 0.643. The van der Waals surface area contributed by atoms with Gasteiger partial charge in [0.15, 0.2) is 0 Å². The highest BCUT2D eigenvalue weighted by Gasteiger charge is 2.26. The summed E-state index contributed by atoms with van der Waals surface area (Å²) < 4.78 is 2.22. The lowest BCUT2D eigenvalue weighted by molar-refractivity contribution is 0.286. The van der Waals surface area contributed by atoms with Crippen LogP contribution in [0.4, 0.5) is 0 Å². The van der Waals surface area contributed by atoms with E-state index in [1.165, 1.54) is 43.5 Å². The summed E-state index contributed by atoms with van der Waals surface area (Å²) in [5.41, 5.74) is 2.43. The summed E-state index contributed by atoms with van der Waals surface area (Å²) in [7, 11) is 0. The predicted molar refractivity (Wildman–Crippen MR) is 65.1 cm³/mol. The predicted octanol–water partition coefficient (Wildman–Crippen LogP) is 3.75. The Hall–Kier alpha value is -1.23. The lowest BCUT2D eigenvalue weighted by Crippen LogP contribution is -2.22. The van der Waals surface area contributed by atoms with Gasteiger partial charge in [-0.3, -0.25) is 0 Å². The molecular formula is C14H20N2. The largest absolute Gasteiger partial charge is 0.333 e. The first kappa shape index (κ1) is 11.3. The van der Waals surface area contributed by atoms with E-state index in [0.29, 0.717) is 5.92 Å². The van der Waals surface area contributed by atoms with Gasteiger partial charge in [-0.25, -0.2) is 0 Å². The van der Waals surface area contributed by atoms with Gasteiger partial charge in [0, 0.05) is 11.4 Å². The lowest BCUT2D eigenvalue weighted by Gasteiger charge is -2.28. The van der Waals surface area contributed by atoms with Gasteiger partial charge in [0.1, 0.15) is 6.04 Å². The van der Waals surface area contributed by atoms with Crippen LogP contribution in [-0.4, -0.2) is 4.57 Å². The molecule has 0 amide bonds. The molecule has 0 saturated heterocycles. The molecule has 1 heterocycles. The van der Waals surface area contributed by atoms with Crippen molar-refractivity contribution in [2.75, 3.05) is 0 Å². The zero-order valence-electron chi connectivity index (χ0n) is 10.2. The van der Waals surface area contributed by atoms with Crippen LogP contribution in [0, 0.1) is 31.1 Å². The quantitative estimate of drug-likeness (QED) is 0.740. The third-order valence-corrected chi connectivity index (χ3v) is 3.83. The molecule has 0 radical (unpaired) electrons. The van der Waals surface area contributed by atoms with E-state index in [2.05, 4.69) is 36.6 Å². The van der Waals surface area contributed by atoms with Gasteiger partial charge >= 0.3 is 0 Å². The number of nitrogens with zero attached hydrogens (tertiary/aromatic N) is 2. The average Bonchev–Trinajstić information content (AvgIpc) is 2.63. The molecule has 1 unspecified atom stereocenters. The Kier molecular flexibility index (Phi) is 3.33. The van der Waals surface area contributed by atoms with Gasteiger partial charge in [-0.2, -0.15) is 5.26 Å². The Labute approximate surface area is 97.9 Å². The molecule has 1 fully saturated rings. The number of aromatic nitrogens is 1. The van der Waals surface area contributed by atoms with Gasteiger partial charge in [-0.05, 0) is 44.7 Å². The van der Waals surface area contributed by atoms with Crippen molar-refractivity contribution in [2.24, 2.45) is 5.92 Å². The van der Waals surface area contributed by atoms with Crippen molar-refractivity contribution >= 4 is 0 Å². The van der Waals surface area contributed by atoms with E-state index in [9.17, 15) is 5.26 Å². The Morgan fingerprint density at radius 2 is 1.75 bits per heavy atom. The maximum absolute atomic E-state index is 9.43. The first-order valence-corrected chi connectivity index (χ1v) is 6.28. The molecule has 2 nitrogen and oxygen atoms in total. The highest BCUT2D eigenvalue weighted by Crippen LogP contribution is 2.34. The molecule has 2 rings (SSSR count). The Bertz CT molecular complexity index is 372. The number of nitriles is 1. The van der Waals surface area contributed by atoms with Crippen molar-refractivity contribution in [1.29, 1.82) is 5.26 Å². The van der Waals surface area contributed by atoms with E-state index in [-0.39, 0.29) is 6.04 Å². The fourth-order valence-electron chi connectivity index (χ4n) is 2.94.